The Morgan fingerprint density at radius 1 is 0.784 bits per heavy atom. The number of ether oxygens (including phenoxy) is 1. The molecule has 0 saturated heterocycles. The molecule has 0 bridgehead atoms. The van der Waals surface area contributed by atoms with Crippen molar-refractivity contribution in [3.05, 3.63) is 126 Å². The maximum Gasteiger partial charge on any atom is 0.174 e. The first-order valence-electron chi connectivity index (χ1n) is 12.7. The molecule has 1 unspecified atom stereocenters. The molecule has 0 amide bonds. The molecule has 1 aliphatic rings. The maximum absolute atomic E-state index is 6.23. The molecule has 5 rings (SSSR count). The molecular weight excluding hydrogens is 454 g/mol. The van der Waals surface area contributed by atoms with Crippen molar-refractivity contribution in [3.8, 4) is 28.5 Å². The molecule has 184 valence electrons. The Hall–Kier alpha value is -4.31. The number of allylic oxidation sites excluding steroid dienone is 5. The van der Waals surface area contributed by atoms with Crippen LogP contribution in [0.5, 0.6) is 5.75 Å². The fourth-order valence-electron chi connectivity index (χ4n) is 4.44. The van der Waals surface area contributed by atoms with E-state index in [-0.39, 0.29) is 11.5 Å². The normalized spacial score (nSPS) is 15.5. The number of hydrogen-bond donors (Lipinski definition) is 0. The van der Waals surface area contributed by atoms with Crippen molar-refractivity contribution in [1.29, 1.82) is 0 Å². The second-order valence-corrected chi connectivity index (χ2v) is 9.79. The summed E-state index contributed by atoms with van der Waals surface area (Å²) in [5.74, 6) is 2.84. The van der Waals surface area contributed by atoms with Crippen molar-refractivity contribution in [2.45, 2.75) is 33.3 Å². The number of benzene rings is 3. The lowest BCUT2D eigenvalue weighted by Crippen LogP contribution is -2.11. The first-order valence-corrected chi connectivity index (χ1v) is 12.7. The molecule has 0 N–H and O–H groups in total. The van der Waals surface area contributed by atoms with E-state index in [1.54, 1.807) is 0 Å². The minimum absolute atomic E-state index is 0.0258. The summed E-state index contributed by atoms with van der Waals surface area (Å²) >= 11 is 0. The largest absolute Gasteiger partial charge is 0.482 e. The van der Waals surface area contributed by atoms with Crippen LogP contribution in [0.4, 0.5) is 0 Å². The van der Waals surface area contributed by atoms with Crippen LogP contribution >= 0.6 is 0 Å². The molecule has 0 fully saturated rings. The van der Waals surface area contributed by atoms with E-state index < -0.39 is 0 Å². The van der Waals surface area contributed by atoms with Crippen molar-refractivity contribution in [2.24, 2.45) is 5.41 Å². The van der Waals surface area contributed by atoms with Crippen molar-refractivity contribution in [2.75, 3.05) is 0 Å². The van der Waals surface area contributed by atoms with Gasteiger partial charge in [-0.1, -0.05) is 117 Å². The summed E-state index contributed by atoms with van der Waals surface area (Å²) in [6.07, 6.45) is 13.2. The molecule has 3 aromatic carbocycles. The van der Waals surface area contributed by atoms with Crippen LogP contribution in [0.2, 0.25) is 0 Å². The first-order chi connectivity index (χ1) is 18.0. The van der Waals surface area contributed by atoms with Crippen LogP contribution in [-0.2, 0) is 6.42 Å². The van der Waals surface area contributed by atoms with E-state index in [4.69, 9.17) is 19.7 Å². The third-order valence-electron chi connectivity index (χ3n) is 6.29. The van der Waals surface area contributed by atoms with Gasteiger partial charge in [0.2, 0.25) is 0 Å². The lowest BCUT2D eigenvalue weighted by Gasteiger charge is -2.13. The zero-order valence-corrected chi connectivity index (χ0v) is 21.5. The minimum atomic E-state index is -0.240. The Balaban J connectivity index is 1.48. The quantitative estimate of drug-likeness (QED) is 0.196. The molecule has 1 atom stereocenters. The zero-order chi connectivity index (χ0) is 25.7. The molecule has 0 saturated carbocycles. The predicted octanol–water partition coefficient (Wildman–Crippen LogP) is 8.05. The Morgan fingerprint density at radius 2 is 1.51 bits per heavy atom. The average Bonchev–Trinajstić information content (AvgIpc) is 3.36. The van der Waals surface area contributed by atoms with Gasteiger partial charge in [0.1, 0.15) is 5.75 Å². The Morgan fingerprint density at radius 3 is 2.30 bits per heavy atom. The summed E-state index contributed by atoms with van der Waals surface area (Å²) in [7, 11) is 0. The van der Waals surface area contributed by atoms with E-state index in [0.717, 1.165) is 28.9 Å². The lowest BCUT2D eigenvalue weighted by atomic mass is 9.92. The molecular formula is C33H31N3O. The van der Waals surface area contributed by atoms with Gasteiger partial charge in [-0.3, -0.25) is 0 Å². The fourth-order valence-corrected chi connectivity index (χ4v) is 4.44. The van der Waals surface area contributed by atoms with Gasteiger partial charge in [0, 0.05) is 23.0 Å². The number of nitrogens with zero attached hydrogens (tertiary/aromatic N) is 3. The van der Waals surface area contributed by atoms with Crippen LogP contribution in [0.15, 0.2) is 109 Å². The van der Waals surface area contributed by atoms with Crippen LogP contribution in [-0.4, -0.2) is 15.0 Å². The summed E-state index contributed by atoms with van der Waals surface area (Å²) in [6, 6.07) is 26.4. The molecule has 4 aromatic rings. The number of fused-ring (bicyclic) bond motifs is 1. The van der Waals surface area contributed by atoms with Gasteiger partial charge in [-0.25, -0.2) is 15.0 Å². The second kappa shape index (κ2) is 10.8. The molecule has 1 aliphatic heterocycles. The first kappa shape index (κ1) is 24.4. The predicted molar refractivity (Wildman–Crippen MR) is 151 cm³/mol. The van der Waals surface area contributed by atoms with Crippen LogP contribution in [0.3, 0.4) is 0 Å². The van der Waals surface area contributed by atoms with E-state index in [2.05, 4.69) is 68.5 Å². The monoisotopic (exact) mass is 485 g/mol. The number of hydrogen-bond acceptors (Lipinski definition) is 4. The number of aromatic nitrogens is 3. The van der Waals surface area contributed by atoms with Crippen molar-refractivity contribution in [1.82, 2.24) is 15.0 Å². The maximum atomic E-state index is 6.23. The third-order valence-corrected chi connectivity index (χ3v) is 6.29. The molecule has 37 heavy (non-hydrogen) atoms. The van der Waals surface area contributed by atoms with Gasteiger partial charge in [-0.2, -0.15) is 0 Å². The van der Waals surface area contributed by atoms with E-state index in [0.29, 0.717) is 17.5 Å². The topological polar surface area (TPSA) is 47.9 Å². The van der Waals surface area contributed by atoms with E-state index in [1.807, 2.05) is 67.6 Å². The molecule has 0 spiro atoms. The van der Waals surface area contributed by atoms with Gasteiger partial charge in [0.15, 0.2) is 23.6 Å². The summed E-state index contributed by atoms with van der Waals surface area (Å²) in [5, 5.41) is 0. The van der Waals surface area contributed by atoms with Gasteiger partial charge < -0.3 is 4.74 Å². The highest BCUT2D eigenvalue weighted by Crippen LogP contribution is 2.36. The van der Waals surface area contributed by atoms with Crippen molar-refractivity contribution in [3.63, 3.8) is 0 Å². The summed E-state index contributed by atoms with van der Waals surface area (Å²) in [4.78, 5) is 14.6. The Labute approximate surface area is 219 Å². The number of rotatable bonds is 7. The summed E-state index contributed by atoms with van der Waals surface area (Å²) in [6.45, 7) is 6.42. The van der Waals surface area contributed by atoms with Gasteiger partial charge in [-0.05, 0) is 30.2 Å². The smallest absolute Gasteiger partial charge is 0.174 e. The molecule has 0 aliphatic carbocycles. The minimum Gasteiger partial charge on any atom is -0.482 e. The lowest BCUT2D eigenvalue weighted by molar-refractivity contribution is 0.227. The van der Waals surface area contributed by atoms with Gasteiger partial charge in [0.25, 0.3) is 0 Å². The molecule has 2 heterocycles. The standard InChI is InChI=1S/C33H31N3O/c1-4-20-33(2,3)21-11-10-13-24-14-12-18-27(22-24)31-34-30(25-15-6-5-7-16-25)35-32(36-31)29-23-26-17-8-9-19-28(26)37-29/h4-22,29H,23H2,1-3H3/b13-10+,20-4-,21-11-. The molecule has 4 heteroatoms. The van der Waals surface area contributed by atoms with Crippen molar-refractivity contribution >= 4 is 6.08 Å². The van der Waals surface area contributed by atoms with Gasteiger partial charge >= 0.3 is 0 Å². The second-order valence-electron chi connectivity index (χ2n) is 9.79. The average molecular weight is 486 g/mol. The highest BCUT2D eigenvalue weighted by Gasteiger charge is 2.27. The molecule has 0 radical (unpaired) electrons. The SMILES string of the molecule is C/C=C\C(C)(C)/C=C\C=C\c1cccc(-c2nc(-c3ccccc3)nc(C3Cc4ccccc4O3)n2)c1. The summed E-state index contributed by atoms with van der Waals surface area (Å²) < 4.78 is 6.23. The third kappa shape index (κ3) is 5.92. The van der Waals surface area contributed by atoms with Crippen LogP contribution < -0.4 is 4.74 Å². The van der Waals surface area contributed by atoms with Gasteiger partial charge in [-0.15, -0.1) is 0 Å². The van der Waals surface area contributed by atoms with E-state index >= 15 is 0 Å². The Bertz CT molecular complexity index is 1440. The van der Waals surface area contributed by atoms with Gasteiger partial charge in [0.05, 0.1) is 0 Å². The van der Waals surface area contributed by atoms with Crippen LogP contribution in [0.25, 0.3) is 28.9 Å². The number of para-hydroxylation sites is 1. The molecule has 4 nitrogen and oxygen atoms in total. The Kier molecular flexibility index (Phi) is 7.09. The van der Waals surface area contributed by atoms with Crippen molar-refractivity contribution < 1.29 is 4.74 Å². The van der Waals surface area contributed by atoms with E-state index in [1.165, 1.54) is 5.56 Å². The zero-order valence-electron chi connectivity index (χ0n) is 21.5. The summed E-state index contributed by atoms with van der Waals surface area (Å²) in [5.41, 5.74) is 4.18. The molecule has 1 aromatic heterocycles. The van der Waals surface area contributed by atoms with E-state index in [9.17, 15) is 0 Å². The van der Waals surface area contributed by atoms with Crippen LogP contribution in [0.1, 0.15) is 43.8 Å². The highest BCUT2D eigenvalue weighted by molar-refractivity contribution is 5.65. The highest BCUT2D eigenvalue weighted by atomic mass is 16.5. The fraction of sp³-hybridized carbons (Fsp3) is 0.182. The van der Waals surface area contributed by atoms with Crippen LogP contribution in [0, 0.1) is 5.41 Å².